The number of Topliss-reactive ketones (excluding diaryl/α,β-unsaturated/α-hetero) is 1. The van der Waals surface area contributed by atoms with Gasteiger partial charge in [0.15, 0.2) is 0 Å². The summed E-state index contributed by atoms with van der Waals surface area (Å²) in [6, 6.07) is 5.08. The van der Waals surface area contributed by atoms with Crippen molar-refractivity contribution in [2.75, 3.05) is 18.5 Å². The van der Waals surface area contributed by atoms with Crippen LogP contribution in [-0.2, 0) is 25.9 Å². The molecular formula is C23H19FN4O7S. The smallest absolute Gasteiger partial charge is 0.338 e. The lowest BCUT2D eigenvalue weighted by molar-refractivity contribution is -0.116. The van der Waals surface area contributed by atoms with Gasteiger partial charge in [0, 0.05) is 11.4 Å². The Morgan fingerprint density at radius 1 is 1.25 bits per heavy atom. The number of aromatic nitrogens is 1. The van der Waals surface area contributed by atoms with Crippen molar-refractivity contribution in [3.05, 3.63) is 52.1 Å². The summed E-state index contributed by atoms with van der Waals surface area (Å²) < 4.78 is 48.2. The van der Waals surface area contributed by atoms with E-state index in [1.165, 1.54) is 24.5 Å². The number of anilines is 1. The van der Waals surface area contributed by atoms with E-state index in [1.807, 2.05) is 0 Å². The quantitative estimate of drug-likeness (QED) is 0.204. The predicted molar refractivity (Wildman–Crippen MR) is 124 cm³/mol. The number of nitrogens with zero attached hydrogens (tertiary/aromatic N) is 2. The van der Waals surface area contributed by atoms with Gasteiger partial charge in [-0.15, -0.1) is 6.42 Å². The maximum Gasteiger partial charge on any atom is 0.398 e. The summed E-state index contributed by atoms with van der Waals surface area (Å²) in [5, 5.41) is 13.7. The second-order valence-corrected chi connectivity index (χ2v) is 8.13. The Morgan fingerprint density at radius 3 is 2.56 bits per heavy atom. The molecule has 1 aromatic carbocycles. The number of amides is 2. The van der Waals surface area contributed by atoms with Crippen LogP contribution in [0.25, 0.3) is 0 Å². The van der Waals surface area contributed by atoms with Crippen LogP contribution in [0.2, 0.25) is 0 Å². The van der Waals surface area contributed by atoms with Crippen LogP contribution in [0, 0.1) is 55.2 Å². The average Bonchev–Trinajstić information content (AvgIpc) is 3.05. The molecule has 36 heavy (non-hydrogen) atoms. The molecule has 0 saturated heterocycles. The van der Waals surface area contributed by atoms with Crippen molar-refractivity contribution in [1.82, 2.24) is 9.88 Å². The molecule has 0 radical (unpaired) electrons. The molecule has 0 spiro atoms. The van der Waals surface area contributed by atoms with E-state index in [1.54, 1.807) is 6.07 Å². The van der Waals surface area contributed by atoms with Crippen LogP contribution < -0.4 is 10.6 Å². The van der Waals surface area contributed by atoms with Crippen LogP contribution in [0.4, 0.5) is 10.1 Å². The van der Waals surface area contributed by atoms with Crippen LogP contribution in [0.1, 0.15) is 37.7 Å². The molecule has 0 unspecified atom stereocenters. The van der Waals surface area contributed by atoms with E-state index in [0.717, 1.165) is 12.1 Å². The number of hydrogen-bond donors (Lipinski definition) is 3. The number of ketones is 1. The highest BCUT2D eigenvalue weighted by atomic mass is 32.3. The number of carbonyl (C=O) groups is 3. The van der Waals surface area contributed by atoms with Crippen LogP contribution >= 0.6 is 0 Å². The Balaban J connectivity index is 2.28. The number of halogens is 1. The zero-order chi connectivity index (χ0) is 27.0. The van der Waals surface area contributed by atoms with Crippen LogP contribution in [0.15, 0.2) is 18.2 Å². The summed E-state index contributed by atoms with van der Waals surface area (Å²) >= 11 is 0. The minimum absolute atomic E-state index is 0.00779. The summed E-state index contributed by atoms with van der Waals surface area (Å²) in [5.41, 5.74) is 0.195. The van der Waals surface area contributed by atoms with Gasteiger partial charge in [0.25, 0.3) is 17.6 Å². The van der Waals surface area contributed by atoms with Crippen molar-refractivity contribution in [2.24, 2.45) is 0 Å². The standard InChI is InChI=1S/C23H19FN4O7S/c1-4-10-28-15(3)19(21(29)23(31)26-9-5-6-11-35-36(32,33)34)14(2)20(28)22(30)27-17-7-8-18(24)16(12-17)13-25/h1,7-8,12H,9-11H2,2-3H3,(H,26,31)(H,27,30)(H,32,33,34). The number of hydrogen-bond acceptors (Lipinski definition) is 7. The second-order valence-electron chi connectivity index (χ2n) is 7.04. The first-order valence-corrected chi connectivity index (χ1v) is 11.3. The number of nitrogens with one attached hydrogen (secondary N) is 2. The molecule has 3 N–H and O–H groups in total. The summed E-state index contributed by atoms with van der Waals surface area (Å²) in [6.45, 7) is 1.86. The zero-order valence-corrected chi connectivity index (χ0v) is 19.8. The van der Waals surface area contributed by atoms with E-state index in [0.29, 0.717) is 0 Å². The molecule has 0 fully saturated rings. The van der Waals surface area contributed by atoms with Crippen LogP contribution in [0.3, 0.4) is 0 Å². The molecule has 2 rings (SSSR count). The van der Waals surface area contributed by atoms with E-state index >= 15 is 0 Å². The minimum atomic E-state index is -4.65. The lowest BCUT2D eigenvalue weighted by Gasteiger charge is -2.10. The van der Waals surface area contributed by atoms with E-state index in [2.05, 4.69) is 32.6 Å². The second kappa shape index (κ2) is 11.8. The Bertz CT molecular complexity index is 1490. The highest BCUT2D eigenvalue weighted by molar-refractivity contribution is 7.80. The highest BCUT2D eigenvalue weighted by Gasteiger charge is 2.29. The summed E-state index contributed by atoms with van der Waals surface area (Å²) in [6.07, 6.45) is 5.41. The number of nitriles is 1. The van der Waals surface area contributed by atoms with Gasteiger partial charge in [0.1, 0.15) is 24.2 Å². The molecule has 0 atom stereocenters. The lowest BCUT2D eigenvalue weighted by atomic mass is 10.0. The molecule has 13 heteroatoms. The number of carbonyl (C=O) groups excluding carboxylic acids is 3. The fourth-order valence-electron chi connectivity index (χ4n) is 3.23. The molecule has 2 amide bonds. The Morgan fingerprint density at radius 2 is 1.94 bits per heavy atom. The van der Waals surface area contributed by atoms with Crippen LogP contribution in [0.5, 0.6) is 0 Å². The normalized spacial score (nSPS) is 10.4. The maximum atomic E-state index is 13.6. The van der Waals surface area contributed by atoms with E-state index in [-0.39, 0.29) is 46.9 Å². The van der Waals surface area contributed by atoms with Gasteiger partial charge < -0.3 is 15.2 Å². The molecule has 0 aliphatic rings. The Kier molecular flexibility index (Phi) is 9.08. The first-order chi connectivity index (χ1) is 16.9. The van der Waals surface area contributed by atoms with Crippen molar-refractivity contribution >= 4 is 33.7 Å². The van der Waals surface area contributed by atoms with E-state index in [9.17, 15) is 27.2 Å². The van der Waals surface area contributed by atoms with Gasteiger partial charge in [-0.3, -0.25) is 18.9 Å². The molecule has 11 nitrogen and oxygen atoms in total. The fraction of sp³-hybridized carbons (Fsp3) is 0.217. The molecule has 2 aromatic rings. The molecular weight excluding hydrogens is 495 g/mol. The fourth-order valence-corrected chi connectivity index (χ4v) is 3.43. The summed E-state index contributed by atoms with van der Waals surface area (Å²) in [4.78, 5) is 38.2. The number of benzene rings is 1. The Labute approximate surface area is 206 Å². The number of terminal acetylenes is 1. The van der Waals surface area contributed by atoms with Gasteiger partial charge in [0.05, 0.1) is 24.2 Å². The third kappa shape index (κ3) is 6.78. The van der Waals surface area contributed by atoms with E-state index in [4.69, 9.17) is 16.2 Å². The summed E-state index contributed by atoms with van der Waals surface area (Å²) in [7, 11) is -4.65. The Hall–Kier alpha value is -4.48. The minimum Gasteiger partial charge on any atom is -0.338 e. The third-order valence-electron chi connectivity index (χ3n) is 4.75. The van der Waals surface area contributed by atoms with Gasteiger partial charge >= 0.3 is 10.4 Å². The van der Waals surface area contributed by atoms with Crippen LogP contribution in [-0.4, -0.2) is 48.3 Å². The molecule has 186 valence electrons. The van der Waals surface area contributed by atoms with Gasteiger partial charge in [-0.1, -0.05) is 17.8 Å². The van der Waals surface area contributed by atoms with E-state index < -0.39 is 40.4 Å². The van der Waals surface area contributed by atoms with Crippen molar-refractivity contribution in [3.63, 3.8) is 0 Å². The maximum absolute atomic E-state index is 13.6. The number of rotatable bonds is 8. The van der Waals surface area contributed by atoms with Gasteiger partial charge in [-0.2, -0.15) is 13.7 Å². The summed E-state index contributed by atoms with van der Waals surface area (Å²) in [5.74, 6) is 3.45. The highest BCUT2D eigenvalue weighted by Crippen LogP contribution is 2.24. The molecule has 0 saturated carbocycles. The predicted octanol–water partition coefficient (Wildman–Crippen LogP) is 1.12. The first kappa shape index (κ1) is 27.8. The molecule has 0 bridgehead atoms. The average molecular weight is 514 g/mol. The molecule has 1 aromatic heterocycles. The largest absolute Gasteiger partial charge is 0.398 e. The zero-order valence-electron chi connectivity index (χ0n) is 19.0. The van der Waals surface area contributed by atoms with Gasteiger partial charge in [0.2, 0.25) is 0 Å². The topological polar surface area (TPSA) is 168 Å². The first-order valence-electron chi connectivity index (χ1n) is 9.95. The third-order valence-corrected chi connectivity index (χ3v) is 5.17. The molecule has 0 aliphatic heterocycles. The van der Waals surface area contributed by atoms with Crippen molar-refractivity contribution < 1.29 is 35.9 Å². The van der Waals surface area contributed by atoms with Gasteiger partial charge in [-0.05, 0) is 37.6 Å². The lowest BCUT2D eigenvalue weighted by Crippen LogP contribution is -2.32. The van der Waals surface area contributed by atoms with Crippen molar-refractivity contribution in [3.8, 4) is 30.3 Å². The van der Waals surface area contributed by atoms with Crippen molar-refractivity contribution in [2.45, 2.75) is 20.4 Å². The van der Waals surface area contributed by atoms with Gasteiger partial charge in [-0.25, -0.2) is 8.57 Å². The molecule has 0 aliphatic carbocycles. The SMILES string of the molecule is C#CCn1c(C)c(C(=O)C(=O)NCC#CCOS(=O)(=O)O)c(C)c1C(=O)Nc1ccc(F)c(C#N)c1. The van der Waals surface area contributed by atoms with Crippen molar-refractivity contribution in [1.29, 1.82) is 5.26 Å². The molecule has 1 heterocycles. The monoisotopic (exact) mass is 514 g/mol.